The van der Waals surface area contributed by atoms with Crippen LogP contribution in [0.15, 0.2) is 55.1 Å². The van der Waals surface area contributed by atoms with E-state index in [1.165, 1.54) is 0 Å². The van der Waals surface area contributed by atoms with E-state index in [4.69, 9.17) is 4.84 Å². The molecule has 1 amide bonds. The Hall–Kier alpha value is -2.13. The Balaban J connectivity index is 2.44. The summed E-state index contributed by atoms with van der Waals surface area (Å²) in [7, 11) is 0. The number of benzene rings is 2. The van der Waals surface area contributed by atoms with Crippen LogP contribution in [0.3, 0.4) is 0 Å². The van der Waals surface area contributed by atoms with Crippen LogP contribution in [0.4, 0.5) is 0 Å². The highest BCUT2D eigenvalue weighted by Gasteiger charge is 2.30. The Morgan fingerprint density at radius 1 is 1.16 bits per heavy atom. The molecule has 0 bridgehead atoms. The highest BCUT2D eigenvalue weighted by Crippen LogP contribution is 2.31. The second-order valence-corrected chi connectivity index (χ2v) is 7.54. The molecule has 3 heteroatoms. The fraction of sp³-hybridized carbons (Fsp3) is 0.409. The van der Waals surface area contributed by atoms with E-state index in [2.05, 4.69) is 30.8 Å². The predicted molar refractivity (Wildman–Crippen MR) is 104 cm³/mol. The van der Waals surface area contributed by atoms with Gasteiger partial charge >= 0.3 is 0 Å². The molecule has 0 aliphatic heterocycles. The summed E-state index contributed by atoms with van der Waals surface area (Å²) in [6.45, 7) is 13.6. The summed E-state index contributed by atoms with van der Waals surface area (Å²) in [6.07, 6.45) is 2.41. The maximum atomic E-state index is 13.0. The minimum Gasteiger partial charge on any atom is -0.272 e. The molecule has 0 radical (unpaired) electrons. The van der Waals surface area contributed by atoms with Crippen LogP contribution in [0.2, 0.25) is 0 Å². The molecule has 0 fully saturated rings. The van der Waals surface area contributed by atoms with Crippen molar-refractivity contribution in [3.8, 4) is 0 Å². The maximum absolute atomic E-state index is 13.0. The Bertz CT molecular complexity index is 740. The SMILES string of the molecule is C=CC[C@H](C)C(=O)N(OC(C)(C)C)[C@H](C)c1cccc2ccccc12. The minimum atomic E-state index is -0.456. The number of carbonyl (C=O) groups is 1. The van der Waals surface area contributed by atoms with Gasteiger partial charge in [0.05, 0.1) is 11.6 Å². The number of hydrogen-bond acceptors (Lipinski definition) is 2. The molecule has 0 aliphatic carbocycles. The number of nitrogens with zero attached hydrogens (tertiary/aromatic N) is 1. The highest BCUT2D eigenvalue weighted by atomic mass is 16.7. The van der Waals surface area contributed by atoms with E-state index in [0.29, 0.717) is 6.42 Å². The van der Waals surface area contributed by atoms with Crippen molar-refractivity contribution in [2.45, 2.75) is 52.7 Å². The number of hydroxylamine groups is 2. The molecule has 0 saturated carbocycles. The first-order valence-electron chi connectivity index (χ1n) is 8.85. The summed E-state index contributed by atoms with van der Waals surface area (Å²) in [5, 5.41) is 3.86. The van der Waals surface area contributed by atoms with E-state index in [1.807, 2.05) is 52.8 Å². The third kappa shape index (κ3) is 4.70. The zero-order valence-electron chi connectivity index (χ0n) is 16.0. The molecule has 2 aromatic carbocycles. The molecule has 25 heavy (non-hydrogen) atoms. The average molecular weight is 339 g/mol. The summed E-state index contributed by atoms with van der Waals surface area (Å²) in [4.78, 5) is 19.1. The van der Waals surface area contributed by atoms with Crippen LogP contribution in [0.25, 0.3) is 10.8 Å². The Labute approximate surface area is 151 Å². The van der Waals surface area contributed by atoms with Crippen molar-refractivity contribution in [3.05, 3.63) is 60.7 Å². The van der Waals surface area contributed by atoms with Crippen molar-refractivity contribution >= 4 is 16.7 Å². The van der Waals surface area contributed by atoms with Crippen LogP contribution in [-0.2, 0) is 9.63 Å². The number of fused-ring (bicyclic) bond motifs is 1. The molecule has 2 atom stereocenters. The van der Waals surface area contributed by atoms with Gasteiger partial charge in [0, 0.05) is 5.92 Å². The van der Waals surface area contributed by atoms with Gasteiger partial charge in [-0.2, -0.15) is 0 Å². The molecule has 0 unspecified atom stereocenters. The molecular formula is C22H29NO2. The molecule has 0 heterocycles. The second-order valence-electron chi connectivity index (χ2n) is 7.54. The lowest BCUT2D eigenvalue weighted by molar-refractivity contribution is -0.244. The third-order valence-electron chi connectivity index (χ3n) is 4.16. The van der Waals surface area contributed by atoms with Gasteiger partial charge in [0.25, 0.3) is 0 Å². The van der Waals surface area contributed by atoms with Crippen LogP contribution in [-0.4, -0.2) is 16.6 Å². The van der Waals surface area contributed by atoms with E-state index in [9.17, 15) is 4.79 Å². The molecular weight excluding hydrogens is 310 g/mol. The third-order valence-corrected chi connectivity index (χ3v) is 4.16. The molecule has 0 aliphatic rings. The zero-order chi connectivity index (χ0) is 18.6. The molecule has 0 aromatic heterocycles. The predicted octanol–water partition coefficient (Wildman–Crippen LogP) is 5.67. The van der Waals surface area contributed by atoms with Gasteiger partial charge in [0.15, 0.2) is 0 Å². The largest absolute Gasteiger partial charge is 0.272 e. The summed E-state index contributed by atoms with van der Waals surface area (Å²) in [6, 6.07) is 14.2. The van der Waals surface area contributed by atoms with Crippen molar-refractivity contribution in [1.82, 2.24) is 5.06 Å². The van der Waals surface area contributed by atoms with Gasteiger partial charge in [-0.3, -0.25) is 9.63 Å². The number of carbonyl (C=O) groups excluding carboxylic acids is 1. The summed E-state index contributed by atoms with van der Waals surface area (Å²) < 4.78 is 0. The number of hydrogen-bond donors (Lipinski definition) is 0. The van der Waals surface area contributed by atoms with Crippen LogP contribution in [0.1, 0.15) is 52.6 Å². The van der Waals surface area contributed by atoms with E-state index in [1.54, 1.807) is 11.1 Å². The molecule has 3 nitrogen and oxygen atoms in total. The lowest BCUT2D eigenvalue weighted by Crippen LogP contribution is -2.42. The lowest BCUT2D eigenvalue weighted by Gasteiger charge is -2.36. The van der Waals surface area contributed by atoms with Crippen molar-refractivity contribution < 1.29 is 9.63 Å². The summed E-state index contributed by atoms with van der Waals surface area (Å²) >= 11 is 0. The zero-order valence-corrected chi connectivity index (χ0v) is 16.0. The molecule has 134 valence electrons. The fourth-order valence-corrected chi connectivity index (χ4v) is 2.92. The number of rotatable bonds is 6. The Kier molecular flexibility index (Phi) is 6.02. The van der Waals surface area contributed by atoms with Gasteiger partial charge < -0.3 is 0 Å². The first kappa shape index (κ1) is 19.2. The van der Waals surface area contributed by atoms with E-state index in [-0.39, 0.29) is 17.9 Å². The maximum Gasteiger partial charge on any atom is 0.249 e. The quantitative estimate of drug-likeness (QED) is 0.501. The van der Waals surface area contributed by atoms with Crippen molar-refractivity contribution in [1.29, 1.82) is 0 Å². The van der Waals surface area contributed by atoms with Gasteiger partial charge in [0.2, 0.25) is 5.91 Å². The Morgan fingerprint density at radius 2 is 1.80 bits per heavy atom. The topological polar surface area (TPSA) is 29.5 Å². The van der Waals surface area contributed by atoms with Gasteiger partial charge in [-0.1, -0.05) is 55.5 Å². The van der Waals surface area contributed by atoms with E-state index in [0.717, 1.165) is 16.3 Å². The Morgan fingerprint density at radius 3 is 2.44 bits per heavy atom. The van der Waals surface area contributed by atoms with E-state index < -0.39 is 5.60 Å². The molecule has 0 saturated heterocycles. The molecule has 2 aromatic rings. The monoisotopic (exact) mass is 339 g/mol. The van der Waals surface area contributed by atoms with Crippen molar-refractivity contribution in [2.24, 2.45) is 5.92 Å². The standard InChI is InChI=1S/C22H29NO2/c1-7-11-16(2)21(24)23(25-22(4,5)6)17(3)19-15-10-13-18-12-8-9-14-20(18)19/h7-10,12-17H,1,11H2,2-6H3/t16-,17+/m0/s1. The normalized spacial score (nSPS) is 14.1. The van der Waals surface area contributed by atoms with E-state index >= 15 is 0 Å². The fourth-order valence-electron chi connectivity index (χ4n) is 2.92. The highest BCUT2D eigenvalue weighted by molar-refractivity contribution is 5.87. The molecule has 0 spiro atoms. The van der Waals surface area contributed by atoms with Gasteiger partial charge in [-0.15, -0.1) is 6.58 Å². The first-order chi connectivity index (χ1) is 11.7. The number of amides is 1. The van der Waals surface area contributed by atoms with Gasteiger partial charge in [-0.25, -0.2) is 5.06 Å². The van der Waals surface area contributed by atoms with Gasteiger partial charge in [0.1, 0.15) is 0 Å². The average Bonchev–Trinajstić information content (AvgIpc) is 2.57. The number of allylic oxidation sites excluding steroid dienone is 1. The van der Waals surface area contributed by atoms with Crippen LogP contribution in [0.5, 0.6) is 0 Å². The van der Waals surface area contributed by atoms with Crippen LogP contribution >= 0.6 is 0 Å². The molecule has 0 N–H and O–H groups in total. The van der Waals surface area contributed by atoms with Gasteiger partial charge in [-0.05, 0) is 50.5 Å². The van der Waals surface area contributed by atoms with Crippen molar-refractivity contribution in [2.75, 3.05) is 0 Å². The van der Waals surface area contributed by atoms with Crippen LogP contribution < -0.4 is 0 Å². The summed E-state index contributed by atoms with van der Waals surface area (Å²) in [5.74, 6) is -0.187. The first-order valence-corrected chi connectivity index (χ1v) is 8.85. The minimum absolute atomic E-state index is 0.0183. The smallest absolute Gasteiger partial charge is 0.249 e. The summed E-state index contributed by atoms with van der Waals surface area (Å²) in [5.41, 5.74) is 0.629. The van der Waals surface area contributed by atoms with Crippen LogP contribution in [0, 0.1) is 5.92 Å². The second kappa shape index (κ2) is 7.83. The van der Waals surface area contributed by atoms with Crippen molar-refractivity contribution in [3.63, 3.8) is 0 Å². The lowest BCUT2D eigenvalue weighted by atomic mass is 9.98. The molecule has 2 rings (SSSR count).